The van der Waals surface area contributed by atoms with E-state index in [-0.39, 0.29) is 17.8 Å². The molecule has 2 aromatic heterocycles. The van der Waals surface area contributed by atoms with Gasteiger partial charge in [-0.2, -0.15) is 0 Å². The van der Waals surface area contributed by atoms with Crippen molar-refractivity contribution in [2.75, 3.05) is 12.4 Å². The molecule has 2 heterocycles. The zero-order valence-corrected chi connectivity index (χ0v) is 22.2. The van der Waals surface area contributed by atoms with Crippen LogP contribution in [-0.2, 0) is 11.3 Å². The summed E-state index contributed by atoms with van der Waals surface area (Å²) in [5.41, 5.74) is 0.529. The van der Waals surface area contributed by atoms with E-state index in [0.717, 1.165) is 17.7 Å². The van der Waals surface area contributed by atoms with Crippen molar-refractivity contribution in [3.63, 3.8) is 0 Å². The number of nitrogens with one attached hydrogen (secondary N) is 2. The van der Waals surface area contributed by atoms with Gasteiger partial charge in [-0.15, -0.1) is 0 Å². The summed E-state index contributed by atoms with van der Waals surface area (Å²) in [6.45, 7) is 1.93. The number of aliphatic hydroxyl groups is 2. The molecule has 2 unspecified atom stereocenters. The Balaban J connectivity index is 1.57. The maximum atomic E-state index is 13.7. The summed E-state index contributed by atoms with van der Waals surface area (Å²) in [5.74, 6) is 3.48. The fraction of sp³-hybridized carbons (Fsp3) is 0.286. The third kappa shape index (κ3) is 5.09. The lowest BCUT2D eigenvalue weighted by Crippen LogP contribution is -2.45. The summed E-state index contributed by atoms with van der Waals surface area (Å²) in [7, 11) is 1.47. The summed E-state index contributed by atoms with van der Waals surface area (Å²) in [6, 6.07) is 9.81. The maximum absolute atomic E-state index is 13.7. The monoisotopic (exact) mass is 566 g/mol. The number of nitrogens with zero attached hydrogens (tertiary/aromatic N) is 4. The van der Waals surface area contributed by atoms with Crippen LogP contribution in [0.5, 0.6) is 0 Å². The van der Waals surface area contributed by atoms with E-state index < -0.39 is 41.2 Å². The SMILES string of the molecule is CNC(=O)[C@@]1(C)C[C@@H](n2cnc3c(NCc4cccc(Cl)c4)nc(C#Cc4ccc(F)c(F)c4)nc32)C(O)C1O. The van der Waals surface area contributed by atoms with Gasteiger partial charge in [0.15, 0.2) is 28.6 Å². The molecule has 4 aromatic rings. The van der Waals surface area contributed by atoms with Crippen molar-refractivity contribution in [1.29, 1.82) is 0 Å². The molecule has 40 heavy (non-hydrogen) atoms. The topological polar surface area (TPSA) is 125 Å². The first kappa shape index (κ1) is 27.5. The minimum absolute atomic E-state index is 0.0506. The number of halogens is 3. The van der Waals surface area contributed by atoms with Crippen LogP contribution < -0.4 is 10.6 Å². The molecule has 1 saturated carbocycles. The van der Waals surface area contributed by atoms with Crippen LogP contribution >= 0.6 is 11.6 Å². The number of rotatable bonds is 5. The van der Waals surface area contributed by atoms with Crippen LogP contribution in [0.2, 0.25) is 5.02 Å². The van der Waals surface area contributed by atoms with Crippen LogP contribution in [0.1, 0.15) is 36.3 Å². The number of amides is 1. The number of anilines is 1. The molecule has 2 aromatic carbocycles. The largest absolute Gasteiger partial charge is 0.389 e. The summed E-state index contributed by atoms with van der Waals surface area (Å²) >= 11 is 6.11. The predicted molar refractivity (Wildman–Crippen MR) is 144 cm³/mol. The number of carbonyl (C=O) groups is 1. The first-order chi connectivity index (χ1) is 19.1. The zero-order valence-electron chi connectivity index (χ0n) is 21.5. The van der Waals surface area contributed by atoms with Crippen molar-refractivity contribution in [1.82, 2.24) is 24.8 Å². The van der Waals surface area contributed by atoms with Crippen molar-refractivity contribution in [2.24, 2.45) is 5.41 Å². The van der Waals surface area contributed by atoms with Gasteiger partial charge in [0.2, 0.25) is 11.7 Å². The standard InChI is InChI=1S/C28H25ClF2N6O3/c1-28(27(40)32-2)12-20(23(38)24(28)39)37-14-34-22-25(33-13-16-4-3-5-17(29)10-16)35-21(36-26(22)37)9-7-15-6-8-18(30)19(31)11-15/h3-6,8,10-11,14,20,23-24,38-39H,12-13H2,1-2H3,(H,32,40)(H,33,35,36)/t20-,23?,24?,28+/m1/s1. The molecule has 0 aliphatic heterocycles. The second kappa shape index (κ2) is 10.8. The smallest absolute Gasteiger partial charge is 0.228 e. The van der Waals surface area contributed by atoms with Crippen LogP contribution in [0.3, 0.4) is 0 Å². The van der Waals surface area contributed by atoms with E-state index in [0.29, 0.717) is 28.5 Å². The number of aromatic nitrogens is 4. The van der Waals surface area contributed by atoms with E-state index in [1.165, 1.54) is 19.4 Å². The number of benzene rings is 2. The molecule has 0 radical (unpaired) electrons. The van der Waals surface area contributed by atoms with E-state index in [1.807, 2.05) is 12.1 Å². The lowest BCUT2D eigenvalue weighted by Gasteiger charge is -2.26. The lowest BCUT2D eigenvalue weighted by molar-refractivity contribution is -0.136. The molecular formula is C28H25ClF2N6O3. The highest BCUT2D eigenvalue weighted by atomic mass is 35.5. The minimum Gasteiger partial charge on any atom is -0.389 e. The Labute approximate surface area is 233 Å². The van der Waals surface area contributed by atoms with Gasteiger partial charge in [-0.25, -0.2) is 23.7 Å². The van der Waals surface area contributed by atoms with Gasteiger partial charge < -0.3 is 25.4 Å². The Morgan fingerprint density at radius 3 is 2.70 bits per heavy atom. The number of aliphatic hydroxyl groups excluding tert-OH is 2. The van der Waals surface area contributed by atoms with Gasteiger partial charge in [0, 0.05) is 24.2 Å². The second-order valence-corrected chi connectivity index (χ2v) is 10.2. The third-order valence-electron chi connectivity index (χ3n) is 7.12. The van der Waals surface area contributed by atoms with Crippen LogP contribution in [0, 0.1) is 28.9 Å². The number of imidazole rings is 1. The molecule has 1 fully saturated rings. The van der Waals surface area contributed by atoms with Crippen molar-refractivity contribution in [3.05, 3.63) is 82.4 Å². The van der Waals surface area contributed by atoms with E-state index in [2.05, 4.69) is 37.4 Å². The summed E-state index contributed by atoms with van der Waals surface area (Å²) < 4.78 is 28.6. The molecule has 9 nitrogen and oxygen atoms in total. The number of fused-ring (bicyclic) bond motifs is 1. The van der Waals surface area contributed by atoms with Gasteiger partial charge in [0.05, 0.1) is 23.9 Å². The Morgan fingerprint density at radius 1 is 1.18 bits per heavy atom. The van der Waals surface area contributed by atoms with Crippen molar-refractivity contribution >= 4 is 34.5 Å². The third-order valence-corrected chi connectivity index (χ3v) is 7.35. The van der Waals surface area contributed by atoms with Crippen LogP contribution in [0.15, 0.2) is 48.8 Å². The quantitative estimate of drug-likeness (QED) is 0.273. The molecule has 0 bridgehead atoms. The van der Waals surface area contributed by atoms with Gasteiger partial charge in [0.25, 0.3) is 0 Å². The number of carbonyl (C=O) groups excluding carboxylic acids is 1. The molecule has 12 heteroatoms. The molecule has 1 amide bonds. The van der Waals surface area contributed by atoms with Gasteiger partial charge in [-0.05, 0) is 55.2 Å². The summed E-state index contributed by atoms with van der Waals surface area (Å²) in [5, 5.41) is 28.0. The van der Waals surface area contributed by atoms with E-state index >= 15 is 0 Å². The van der Waals surface area contributed by atoms with Crippen LogP contribution in [0.4, 0.5) is 14.6 Å². The molecule has 4 N–H and O–H groups in total. The highest BCUT2D eigenvalue weighted by Crippen LogP contribution is 2.45. The number of hydrogen-bond acceptors (Lipinski definition) is 7. The van der Waals surface area contributed by atoms with Crippen molar-refractivity contribution in [2.45, 2.75) is 38.1 Å². The fourth-order valence-electron chi connectivity index (χ4n) is 4.91. The molecule has 1 aliphatic carbocycles. The Hall–Kier alpha value is -4.11. The Morgan fingerprint density at radius 2 is 1.98 bits per heavy atom. The average molecular weight is 567 g/mol. The van der Waals surface area contributed by atoms with Crippen molar-refractivity contribution in [3.8, 4) is 11.8 Å². The first-order valence-electron chi connectivity index (χ1n) is 12.4. The lowest BCUT2D eigenvalue weighted by atomic mass is 9.85. The minimum atomic E-state index is -1.33. The van der Waals surface area contributed by atoms with Gasteiger partial charge >= 0.3 is 0 Å². The van der Waals surface area contributed by atoms with Gasteiger partial charge in [-0.1, -0.05) is 29.7 Å². The fourth-order valence-corrected chi connectivity index (χ4v) is 5.12. The molecule has 1 aliphatic rings. The Bertz CT molecular complexity index is 1670. The first-order valence-corrected chi connectivity index (χ1v) is 12.8. The number of hydrogen-bond donors (Lipinski definition) is 4. The average Bonchev–Trinajstić information content (AvgIpc) is 3.46. The Kier molecular flexibility index (Phi) is 7.42. The van der Waals surface area contributed by atoms with Crippen LogP contribution in [-0.4, -0.2) is 54.9 Å². The molecule has 206 valence electrons. The van der Waals surface area contributed by atoms with Crippen molar-refractivity contribution < 1.29 is 23.8 Å². The summed E-state index contributed by atoms with van der Waals surface area (Å²) in [4.78, 5) is 26.0. The van der Waals surface area contributed by atoms with E-state index in [1.54, 1.807) is 23.6 Å². The van der Waals surface area contributed by atoms with E-state index in [4.69, 9.17) is 11.6 Å². The highest BCUT2D eigenvalue weighted by molar-refractivity contribution is 6.30. The molecule has 5 rings (SSSR count). The molecular weight excluding hydrogens is 542 g/mol. The molecule has 0 saturated heterocycles. The normalized spacial score (nSPS) is 22.1. The molecule has 4 atom stereocenters. The molecule has 0 spiro atoms. The summed E-state index contributed by atoms with van der Waals surface area (Å²) in [6.07, 6.45) is -1.03. The van der Waals surface area contributed by atoms with Gasteiger partial charge in [-0.3, -0.25) is 4.79 Å². The van der Waals surface area contributed by atoms with Crippen LogP contribution in [0.25, 0.3) is 11.2 Å². The van der Waals surface area contributed by atoms with E-state index in [9.17, 15) is 23.8 Å². The van der Waals surface area contributed by atoms with Gasteiger partial charge in [0.1, 0.15) is 6.10 Å². The predicted octanol–water partition coefficient (Wildman–Crippen LogP) is 3.19. The highest BCUT2D eigenvalue weighted by Gasteiger charge is 2.54. The zero-order chi connectivity index (χ0) is 28.6. The maximum Gasteiger partial charge on any atom is 0.228 e. The second-order valence-electron chi connectivity index (χ2n) is 9.79.